The van der Waals surface area contributed by atoms with Crippen molar-refractivity contribution in [1.29, 1.82) is 0 Å². The Morgan fingerprint density at radius 2 is 1.22 bits per heavy atom. The Hall–Kier alpha value is -3.17. The summed E-state index contributed by atoms with van der Waals surface area (Å²) in [6.45, 7) is 9.45. The molecular weight excluding hydrogens is 424 g/mol. The second-order valence-electron chi connectivity index (χ2n) is 7.47. The Balaban J connectivity index is 2.76. The van der Waals surface area contributed by atoms with Crippen molar-refractivity contribution in [3.8, 4) is 11.5 Å². The SMILES string of the molecule is CC(C)OC(=O)CCc1ccc(OCOC(=O)OC(C)C)c(OCOC(=O)OC(C)C)c1. The maximum Gasteiger partial charge on any atom is 0.511 e. The Bertz CT molecular complexity index is 742. The van der Waals surface area contributed by atoms with Gasteiger partial charge in [0.2, 0.25) is 13.6 Å². The lowest BCUT2D eigenvalue weighted by Gasteiger charge is -2.15. The normalized spacial score (nSPS) is 10.7. The van der Waals surface area contributed by atoms with Crippen LogP contribution in [0, 0.1) is 0 Å². The first kappa shape index (κ1) is 26.9. The molecule has 1 aromatic carbocycles. The summed E-state index contributed by atoms with van der Waals surface area (Å²) >= 11 is 0. The topological polar surface area (TPSA) is 116 Å². The molecule has 180 valence electrons. The molecule has 10 heteroatoms. The fourth-order valence-electron chi connectivity index (χ4n) is 2.24. The van der Waals surface area contributed by atoms with Gasteiger partial charge in [0.05, 0.1) is 18.3 Å². The van der Waals surface area contributed by atoms with Gasteiger partial charge in [0.15, 0.2) is 11.5 Å². The first-order chi connectivity index (χ1) is 15.1. The fourth-order valence-corrected chi connectivity index (χ4v) is 2.24. The van der Waals surface area contributed by atoms with E-state index in [0.29, 0.717) is 6.42 Å². The molecule has 1 aromatic rings. The Morgan fingerprint density at radius 3 is 1.72 bits per heavy atom. The highest BCUT2D eigenvalue weighted by Crippen LogP contribution is 2.29. The predicted molar refractivity (Wildman–Crippen MR) is 112 cm³/mol. The van der Waals surface area contributed by atoms with E-state index in [9.17, 15) is 14.4 Å². The minimum atomic E-state index is -0.880. The van der Waals surface area contributed by atoms with Gasteiger partial charge in [0, 0.05) is 6.42 Å². The molecule has 0 aliphatic rings. The van der Waals surface area contributed by atoms with Crippen LogP contribution in [-0.4, -0.2) is 50.2 Å². The minimum absolute atomic E-state index is 0.180. The average molecular weight is 456 g/mol. The quantitative estimate of drug-likeness (QED) is 0.255. The van der Waals surface area contributed by atoms with Gasteiger partial charge in [0.1, 0.15) is 0 Å². The van der Waals surface area contributed by atoms with Gasteiger partial charge in [-0.25, -0.2) is 9.59 Å². The van der Waals surface area contributed by atoms with Crippen molar-refractivity contribution in [2.24, 2.45) is 0 Å². The van der Waals surface area contributed by atoms with Gasteiger partial charge in [-0.3, -0.25) is 4.79 Å². The Labute approximate surface area is 188 Å². The van der Waals surface area contributed by atoms with Crippen LogP contribution in [0.2, 0.25) is 0 Å². The van der Waals surface area contributed by atoms with Gasteiger partial charge in [0.25, 0.3) is 0 Å². The number of carbonyl (C=O) groups excluding carboxylic acids is 3. The number of hydrogen-bond donors (Lipinski definition) is 0. The summed E-state index contributed by atoms with van der Waals surface area (Å²) < 4.78 is 35.5. The minimum Gasteiger partial charge on any atom is -0.463 e. The van der Waals surface area contributed by atoms with Crippen LogP contribution in [0.1, 0.15) is 53.5 Å². The van der Waals surface area contributed by atoms with Gasteiger partial charge in [-0.2, -0.15) is 0 Å². The van der Waals surface area contributed by atoms with E-state index in [1.165, 1.54) is 0 Å². The number of esters is 1. The van der Waals surface area contributed by atoms with Crippen LogP contribution in [0.3, 0.4) is 0 Å². The monoisotopic (exact) mass is 456 g/mol. The highest BCUT2D eigenvalue weighted by Gasteiger charge is 2.13. The first-order valence-corrected chi connectivity index (χ1v) is 10.3. The van der Waals surface area contributed by atoms with Crippen LogP contribution in [0.5, 0.6) is 11.5 Å². The first-order valence-electron chi connectivity index (χ1n) is 10.3. The van der Waals surface area contributed by atoms with Gasteiger partial charge < -0.3 is 33.2 Å². The molecule has 0 unspecified atom stereocenters. The van der Waals surface area contributed by atoms with Crippen LogP contribution < -0.4 is 9.47 Å². The van der Waals surface area contributed by atoms with E-state index in [-0.39, 0.29) is 42.2 Å². The maximum atomic E-state index is 11.8. The molecule has 0 aliphatic carbocycles. The molecule has 0 spiro atoms. The molecule has 32 heavy (non-hydrogen) atoms. The number of hydrogen-bond acceptors (Lipinski definition) is 10. The summed E-state index contributed by atoms with van der Waals surface area (Å²) in [4.78, 5) is 34.8. The van der Waals surface area contributed by atoms with Crippen LogP contribution in [0.15, 0.2) is 18.2 Å². The van der Waals surface area contributed by atoms with Crippen molar-refractivity contribution in [3.63, 3.8) is 0 Å². The van der Waals surface area contributed by atoms with Gasteiger partial charge in [-0.1, -0.05) is 6.07 Å². The largest absolute Gasteiger partial charge is 0.511 e. The summed E-state index contributed by atoms with van der Waals surface area (Å²) in [5.41, 5.74) is 0.762. The summed E-state index contributed by atoms with van der Waals surface area (Å²) in [6.07, 6.45) is -2.03. The molecule has 0 radical (unpaired) electrons. The van der Waals surface area contributed by atoms with Crippen LogP contribution in [0.25, 0.3) is 0 Å². The summed E-state index contributed by atoms with van der Waals surface area (Å²) in [6, 6.07) is 4.94. The second-order valence-corrected chi connectivity index (χ2v) is 7.47. The van der Waals surface area contributed by atoms with Crippen molar-refractivity contribution >= 4 is 18.3 Å². The number of aryl methyl sites for hydroxylation is 1. The molecule has 0 bridgehead atoms. The van der Waals surface area contributed by atoms with Crippen LogP contribution in [-0.2, 0) is 34.9 Å². The van der Waals surface area contributed by atoms with Gasteiger partial charge >= 0.3 is 18.3 Å². The summed E-state index contributed by atoms with van der Waals surface area (Å²) in [5.74, 6) is 0.134. The zero-order valence-corrected chi connectivity index (χ0v) is 19.4. The van der Waals surface area contributed by atoms with Gasteiger partial charge in [-0.15, -0.1) is 0 Å². The van der Waals surface area contributed by atoms with Crippen molar-refractivity contribution in [3.05, 3.63) is 23.8 Å². The van der Waals surface area contributed by atoms with Crippen LogP contribution in [0.4, 0.5) is 9.59 Å². The molecule has 0 saturated heterocycles. The third-order valence-corrected chi connectivity index (χ3v) is 3.44. The van der Waals surface area contributed by atoms with Crippen molar-refractivity contribution < 1.29 is 47.5 Å². The lowest BCUT2D eigenvalue weighted by molar-refractivity contribution is -0.147. The van der Waals surface area contributed by atoms with Gasteiger partial charge in [-0.05, 0) is 65.7 Å². The predicted octanol–water partition coefficient (Wildman–Crippen LogP) is 4.37. The van der Waals surface area contributed by atoms with E-state index in [4.69, 9.17) is 33.2 Å². The van der Waals surface area contributed by atoms with E-state index in [2.05, 4.69) is 0 Å². The van der Waals surface area contributed by atoms with Crippen molar-refractivity contribution in [2.45, 2.75) is 72.7 Å². The number of ether oxygens (including phenoxy) is 7. The van der Waals surface area contributed by atoms with E-state index in [1.54, 1.807) is 59.7 Å². The molecule has 0 saturated carbocycles. The lowest BCUT2D eigenvalue weighted by atomic mass is 10.1. The Morgan fingerprint density at radius 1 is 0.719 bits per heavy atom. The lowest BCUT2D eigenvalue weighted by Crippen LogP contribution is -2.17. The van der Waals surface area contributed by atoms with Crippen molar-refractivity contribution in [1.82, 2.24) is 0 Å². The molecular formula is C22H32O10. The molecule has 0 aliphatic heterocycles. The smallest absolute Gasteiger partial charge is 0.463 e. The molecule has 0 heterocycles. The summed E-state index contributed by atoms with van der Waals surface area (Å²) in [7, 11) is 0. The maximum absolute atomic E-state index is 11.8. The highest BCUT2D eigenvalue weighted by atomic mass is 16.8. The third kappa shape index (κ3) is 11.9. The zero-order chi connectivity index (χ0) is 24.1. The molecule has 1 rings (SSSR count). The molecule has 0 N–H and O–H groups in total. The van der Waals surface area contributed by atoms with Crippen LogP contribution >= 0.6 is 0 Å². The molecule has 0 atom stereocenters. The number of benzene rings is 1. The molecule has 0 fully saturated rings. The van der Waals surface area contributed by atoms with E-state index < -0.39 is 25.9 Å². The number of rotatable bonds is 12. The van der Waals surface area contributed by atoms with Crippen molar-refractivity contribution in [2.75, 3.05) is 13.6 Å². The average Bonchev–Trinajstić information content (AvgIpc) is 2.66. The van der Waals surface area contributed by atoms with E-state index in [1.807, 2.05) is 0 Å². The van der Waals surface area contributed by atoms with E-state index in [0.717, 1.165) is 5.56 Å². The molecule has 10 nitrogen and oxygen atoms in total. The number of carbonyl (C=O) groups is 3. The molecule has 0 aromatic heterocycles. The fraction of sp³-hybridized carbons (Fsp3) is 0.591. The van der Waals surface area contributed by atoms with E-state index >= 15 is 0 Å². The summed E-state index contributed by atoms with van der Waals surface area (Å²) in [5, 5.41) is 0. The molecule has 0 amide bonds. The second kappa shape index (κ2) is 14.0. The standard InChI is InChI=1S/C22H32O10/c1-14(2)30-20(23)10-8-17-7-9-18(26-12-28-21(24)31-15(3)4)19(11-17)27-13-29-22(25)32-16(5)6/h7,9,11,14-16H,8,10,12-13H2,1-6H3. The third-order valence-electron chi connectivity index (χ3n) is 3.44. The zero-order valence-electron chi connectivity index (χ0n) is 19.4. The highest BCUT2D eigenvalue weighted by molar-refractivity contribution is 5.70. The Kier molecular flexibility index (Phi) is 11.8.